The average molecular weight is 480 g/mol. The molecule has 0 radical (unpaired) electrons. The number of carbonyl (C=O) groups is 5. The lowest BCUT2D eigenvalue weighted by Crippen LogP contribution is -2.59. The lowest BCUT2D eigenvalue weighted by atomic mass is 10.2. The first-order chi connectivity index (χ1) is 16.8. The Hall–Kier alpha value is -4.25. The number of hydrogen-bond donors (Lipinski definition) is 0. The van der Waals surface area contributed by atoms with Crippen LogP contribution in [-0.2, 0) is 24.0 Å². The number of piperazine rings is 2. The Bertz CT molecular complexity index is 1130. The summed E-state index contributed by atoms with van der Waals surface area (Å²) in [6, 6.07) is 12.9. The number of nitrogens with zero attached hydrogens (tertiary/aromatic N) is 4. The van der Waals surface area contributed by atoms with Crippen LogP contribution in [0.3, 0.4) is 0 Å². The highest BCUT2D eigenvalue weighted by Gasteiger charge is 2.37. The van der Waals surface area contributed by atoms with Gasteiger partial charge in [-0.3, -0.25) is 28.9 Å². The summed E-state index contributed by atoms with van der Waals surface area (Å²) < 4.78 is 10.2. The van der Waals surface area contributed by atoms with Crippen molar-refractivity contribution < 1.29 is 33.4 Å². The van der Waals surface area contributed by atoms with Crippen LogP contribution in [0.4, 0.5) is 11.4 Å². The Morgan fingerprint density at radius 3 is 1.40 bits per heavy atom. The Morgan fingerprint density at radius 2 is 1.03 bits per heavy atom. The van der Waals surface area contributed by atoms with E-state index < -0.39 is 29.5 Å². The van der Waals surface area contributed by atoms with Gasteiger partial charge in [-0.1, -0.05) is 0 Å². The molecule has 2 aromatic carbocycles. The van der Waals surface area contributed by atoms with Gasteiger partial charge in [-0.05, 0) is 48.5 Å². The van der Waals surface area contributed by atoms with Crippen LogP contribution in [0.25, 0.3) is 0 Å². The Balaban J connectivity index is 1.37. The lowest BCUT2D eigenvalue weighted by molar-refractivity contribution is -0.145. The van der Waals surface area contributed by atoms with E-state index in [9.17, 15) is 24.0 Å². The summed E-state index contributed by atoms with van der Waals surface area (Å²) in [5.74, 6) is -1.38. The molecule has 0 aromatic heterocycles. The molecule has 0 saturated carbocycles. The standard InChI is InChI=1S/C24H24N4O7/c1-34-18-7-3-16(4-8-18)27-21(30)12-25(13-22(27)31)11-20(29)26-14-23(32)28(24(33)15-26)17-5-9-19(35-2)10-6-17/h3-10H,11-15H2,1-2H3. The second kappa shape index (κ2) is 9.94. The van der Waals surface area contributed by atoms with Crippen molar-refractivity contribution in [1.82, 2.24) is 9.80 Å². The molecule has 182 valence electrons. The predicted octanol–water partition coefficient (Wildman–Crippen LogP) is 0.281. The highest BCUT2D eigenvalue weighted by Crippen LogP contribution is 2.23. The maximum absolute atomic E-state index is 12.8. The number of imide groups is 2. The van der Waals surface area contributed by atoms with Crippen LogP contribution in [0, 0.1) is 0 Å². The monoisotopic (exact) mass is 480 g/mol. The number of methoxy groups -OCH3 is 2. The van der Waals surface area contributed by atoms with E-state index >= 15 is 0 Å². The van der Waals surface area contributed by atoms with Gasteiger partial charge in [0.25, 0.3) is 11.8 Å². The lowest BCUT2D eigenvalue weighted by Gasteiger charge is -2.35. The quantitative estimate of drug-likeness (QED) is 0.542. The van der Waals surface area contributed by atoms with Gasteiger partial charge in [0.1, 0.15) is 24.6 Å². The predicted molar refractivity (Wildman–Crippen MR) is 124 cm³/mol. The number of anilines is 2. The fraction of sp³-hybridized carbons (Fsp3) is 0.292. The van der Waals surface area contributed by atoms with Crippen LogP contribution in [0.1, 0.15) is 0 Å². The van der Waals surface area contributed by atoms with Crippen LogP contribution in [0.5, 0.6) is 11.5 Å². The summed E-state index contributed by atoms with van der Waals surface area (Å²) in [6.45, 7) is -1.15. The maximum atomic E-state index is 12.8. The number of ether oxygens (including phenoxy) is 2. The molecule has 2 saturated heterocycles. The number of carbonyl (C=O) groups excluding carboxylic acids is 5. The Kier molecular flexibility index (Phi) is 6.78. The van der Waals surface area contributed by atoms with Crippen LogP contribution < -0.4 is 19.3 Å². The minimum Gasteiger partial charge on any atom is -0.497 e. The minimum atomic E-state index is -0.545. The highest BCUT2D eigenvalue weighted by atomic mass is 16.5. The molecule has 11 heteroatoms. The van der Waals surface area contributed by atoms with Crippen molar-refractivity contribution in [2.75, 3.05) is 56.7 Å². The van der Waals surface area contributed by atoms with E-state index in [1.807, 2.05) is 0 Å². The fourth-order valence-corrected chi connectivity index (χ4v) is 4.00. The number of benzene rings is 2. The maximum Gasteiger partial charge on any atom is 0.253 e. The molecule has 2 heterocycles. The highest BCUT2D eigenvalue weighted by molar-refractivity contribution is 6.19. The van der Waals surface area contributed by atoms with Crippen LogP contribution in [-0.4, -0.2) is 86.3 Å². The third-order valence-corrected chi connectivity index (χ3v) is 5.74. The van der Waals surface area contributed by atoms with Crippen molar-refractivity contribution in [2.45, 2.75) is 0 Å². The second-order valence-electron chi connectivity index (χ2n) is 8.04. The van der Waals surface area contributed by atoms with Gasteiger partial charge in [-0.25, -0.2) is 9.80 Å². The SMILES string of the molecule is COc1ccc(N2C(=O)CN(CC(=O)N3CC(=O)N(c4ccc(OC)cc4)C(=O)C3)CC2=O)cc1. The van der Waals surface area contributed by atoms with Crippen molar-refractivity contribution >= 4 is 40.9 Å². The molecule has 11 nitrogen and oxygen atoms in total. The Labute approximate surface area is 201 Å². The first-order valence-corrected chi connectivity index (χ1v) is 10.8. The van der Waals surface area contributed by atoms with Gasteiger partial charge >= 0.3 is 0 Å². The molecule has 0 aliphatic carbocycles. The van der Waals surface area contributed by atoms with Crippen molar-refractivity contribution in [1.29, 1.82) is 0 Å². The number of rotatable bonds is 6. The molecule has 4 rings (SSSR count). The molecule has 0 unspecified atom stereocenters. The van der Waals surface area contributed by atoms with Crippen LogP contribution in [0.2, 0.25) is 0 Å². The first kappa shape index (κ1) is 23.9. The molecule has 2 aliphatic rings. The second-order valence-corrected chi connectivity index (χ2v) is 8.04. The number of hydrogen-bond acceptors (Lipinski definition) is 8. The van der Waals surface area contributed by atoms with E-state index in [0.717, 1.165) is 14.7 Å². The van der Waals surface area contributed by atoms with Crippen molar-refractivity contribution in [3.05, 3.63) is 48.5 Å². The topological polar surface area (TPSA) is 117 Å². The van der Waals surface area contributed by atoms with E-state index in [2.05, 4.69) is 0 Å². The van der Waals surface area contributed by atoms with E-state index in [-0.39, 0.29) is 32.7 Å². The molecule has 0 spiro atoms. The van der Waals surface area contributed by atoms with E-state index in [1.165, 1.54) is 19.1 Å². The summed E-state index contributed by atoms with van der Waals surface area (Å²) in [5, 5.41) is 0. The van der Waals surface area contributed by atoms with Crippen LogP contribution >= 0.6 is 0 Å². The normalized spacial score (nSPS) is 17.1. The molecule has 0 atom stereocenters. The van der Waals surface area contributed by atoms with Crippen molar-refractivity contribution in [3.63, 3.8) is 0 Å². The zero-order valence-corrected chi connectivity index (χ0v) is 19.3. The summed E-state index contributed by atoms with van der Waals surface area (Å²) in [4.78, 5) is 68.1. The van der Waals surface area contributed by atoms with Gasteiger partial charge in [-0.15, -0.1) is 0 Å². The smallest absolute Gasteiger partial charge is 0.253 e. The molecule has 2 fully saturated rings. The largest absolute Gasteiger partial charge is 0.497 e. The average Bonchev–Trinajstić information content (AvgIpc) is 2.84. The van der Waals surface area contributed by atoms with Gasteiger partial charge in [-0.2, -0.15) is 0 Å². The third kappa shape index (κ3) is 4.99. The zero-order valence-electron chi connectivity index (χ0n) is 19.3. The molecule has 2 aromatic rings. The molecule has 5 amide bonds. The summed E-state index contributed by atoms with van der Waals surface area (Å²) in [7, 11) is 3.02. The fourth-order valence-electron chi connectivity index (χ4n) is 4.00. The number of amides is 5. The van der Waals surface area contributed by atoms with Gasteiger partial charge in [0.05, 0.1) is 45.2 Å². The Morgan fingerprint density at radius 1 is 0.657 bits per heavy atom. The summed E-state index contributed by atoms with van der Waals surface area (Å²) in [5.41, 5.74) is 0.802. The van der Waals surface area contributed by atoms with Gasteiger partial charge in [0, 0.05) is 0 Å². The van der Waals surface area contributed by atoms with Gasteiger partial charge in [0.15, 0.2) is 0 Å². The van der Waals surface area contributed by atoms with Crippen LogP contribution in [0.15, 0.2) is 48.5 Å². The van der Waals surface area contributed by atoms with E-state index in [0.29, 0.717) is 22.9 Å². The van der Waals surface area contributed by atoms with Gasteiger partial charge in [0.2, 0.25) is 17.7 Å². The third-order valence-electron chi connectivity index (χ3n) is 5.74. The first-order valence-electron chi connectivity index (χ1n) is 10.8. The van der Waals surface area contributed by atoms with E-state index in [1.54, 1.807) is 48.5 Å². The van der Waals surface area contributed by atoms with Crippen molar-refractivity contribution in [2.24, 2.45) is 0 Å². The summed E-state index contributed by atoms with van der Waals surface area (Å²) >= 11 is 0. The molecular weight excluding hydrogens is 456 g/mol. The molecule has 35 heavy (non-hydrogen) atoms. The molecular formula is C24H24N4O7. The van der Waals surface area contributed by atoms with Gasteiger partial charge < -0.3 is 14.4 Å². The minimum absolute atomic E-state index is 0.156. The van der Waals surface area contributed by atoms with Crippen molar-refractivity contribution in [3.8, 4) is 11.5 Å². The molecule has 0 bridgehead atoms. The summed E-state index contributed by atoms with van der Waals surface area (Å²) in [6.07, 6.45) is 0. The molecule has 0 N–H and O–H groups in total. The molecule has 2 aliphatic heterocycles. The zero-order chi connectivity index (χ0) is 25.1. The van der Waals surface area contributed by atoms with E-state index in [4.69, 9.17) is 9.47 Å².